The molecule has 1 aromatic heterocycles. The van der Waals surface area contributed by atoms with E-state index >= 15 is 0 Å². The number of hydrogen-bond acceptors (Lipinski definition) is 6. The van der Waals surface area contributed by atoms with Gasteiger partial charge in [-0.3, -0.25) is 9.69 Å². The molecule has 0 unspecified atom stereocenters. The number of benzene rings is 3. The van der Waals surface area contributed by atoms with E-state index in [4.69, 9.17) is 4.74 Å². The average Bonchev–Trinajstić information content (AvgIpc) is 3.36. The summed E-state index contributed by atoms with van der Waals surface area (Å²) in [6.45, 7) is 10.8. The number of carbonyl (C=O) groups is 1. The summed E-state index contributed by atoms with van der Waals surface area (Å²) in [7, 11) is -3.56. The van der Waals surface area contributed by atoms with Crippen LogP contribution in [0.3, 0.4) is 0 Å². The van der Waals surface area contributed by atoms with Gasteiger partial charge in [-0.1, -0.05) is 63.2 Å². The fourth-order valence-electron chi connectivity index (χ4n) is 5.04. The van der Waals surface area contributed by atoms with Crippen molar-refractivity contribution < 1.29 is 17.9 Å². The van der Waals surface area contributed by atoms with E-state index in [1.165, 1.54) is 0 Å². The molecule has 4 aromatic rings. The Labute approximate surface area is 242 Å². The van der Waals surface area contributed by atoms with Crippen molar-refractivity contribution in [3.63, 3.8) is 0 Å². The fourth-order valence-corrected chi connectivity index (χ4v) is 6.12. The predicted molar refractivity (Wildman–Crippen MR) is 164 cm³/mol. The molecule has 9 heteroatoms. The molecule has 0 aliphatic carbocycles. The Bertz CT molecular complexity index is 1600. The molecule has 8 nitrogen and oxygen atoms in total. The molecule has 0 bridgehead atoms. The smallest absolute Gasteiger partial charge is 0.268 e. The molecule has 1 aliphatic heterocycles. The Morgan fingerprint density at radius 1 is 0.976 bits per heavy atom. The molecular weight excluding hydrogens is 536 g/mol. The van der Waals surface area contributed by atoms with Crippen LogP contribution in [0.2, 0.25) is 0 Å². The second kappa shape index (κ2) is 12.1. The summed E-state index contributed by atoms with van der Waals surface area (Å²) < 4.78 is 31.6. The van der Waals surface area contributed by atoms with Gasteiger partial charge in [0.2, 0.25) is 0 Å². The number of rotatable bonds is 9. The summed E-state index contributed by atoms with van der Waals surface area (Å²) in [4.78, 5) is 19.2. The van der Waals surface area contributed by atoms with E-state index in [0.29, 0.717) is 17.9 Å². The molecule has 3 aromatic carbocycles. The predicted octanol–water partition coefficient (Wildman–Crippen LogP) is 5.04. The Kier molecular flexibility index (Phi) is 8.49. The standard InChI is InChI=1S/C32H38N4O4S/c1-32(2,3)24-9-12-26(13-10-24)41(38,39)22-34-25-11-14-28-27(21-25)29(23-7-5-4-6-8-23)30(35-28)31(37)33-15-16-36-17-19-40-20-18-36/h4-14,21,34-35H,15-20,22H2,1-3H3,(H,33,37). The van der Waals surface area contributed by atoms with Crippen molar-refractivity contribution in [1.29, 1.82) is 0 Å². The topological polar surface area (TPSA) is 104 Å². The highest BCUT2D eigenvalue weighted by atomic mass is 32.2. The highest BCUT2D eigenvalue weighted by Gasteiger charge is 2.21. The molecule has 1 fully saturated rings. The van der Waals surface area contributed by atoms with Crippen molar-refractivity contribution in [1.82, 2.24) is 15.2 Å². The van der Waals surface area contributed by atoms with Gasteiger partial charge in [-0.05, 0) is 46.9 Å². The minimum atomic E-state index is -3.56. The first-order chi connectivity index (χ1) is 19.6. The van der Waals surface area contributed by atoms with Crippen molar-refractivity contribution in [2.45, 2.75) is 31.1 Å². The van der Waals surface area contributed by atoms with Crippen LogP contribution in [-0.2, 0) is 20.0 Å². The van der Waals surface area contributed by atoms with E-state index in [2.05, 4.69) is 41.3 Å². The summed E-state index contributed by atoms with van der Waals surface area (Å²) >= 11 is 0. The molecule has 41 heavy (non-hydrogen) atoms. The maximum absolute atomic E-state index is 13.4. The van der Waals surface area contributed by atoms with Crippen LogP contribution in [0, 0.1) is 0 Å². The van der Waals surface area contributed by atoms with E-state index in [1.807, 2.05) is 60.7 Å². The quantitative estimate of drug-likeness (QED) is 0.259. The first-order valence-electron chi connectivity index (χ1n) is 14.0. The van der Waals surface area contributed by atoms with Crippen LogP contribution in [0.5, 0.6) is 0 Å². The molecule has 0 radical (unpaired) electrons. The average molecular weight is 575 g/mol. The Morgan fingerprint density at radius 3 is 2.37 bits per heavy atom. The van der Waals surface area contributed by atoms with E-state index < -0.39 is 9.84 Å². The number of ether oxygens (including phenoxy) is 1. The summed E-state index contributed by atoms with van der Waals surface area (Å²) in [6.07, 6.45) is 0. The van der Waals surface area contributed by atoms with Crippen LogP contribution < -0.4 is 10.6 Å². The molecule has 1 saturated heterocycles. The number of H-pyrrole nitrogens is 1. The van der Waals surface area contributed by atoms with Gasteiger partial charge in [0.1, 0.15) is 11.6 Å². The lowest BCUT2D eigenvalue weighted by Gasteiger charge is -2.26. The number of fused-ring (bicyclic) bond motifs is 1. The zero-order valence-corrected chi connectivity index (χ0v) is 24.7. The molecule has 216 valence electrons. The molecule has 0 saturated carbocycles. The van der Waals surface area contributed by atoms with Gasteiger partial charge >= 0.3 is 0 Å². The molecule has 5 rings (SSSR count). The van der Waals surface area contributed by atoms with Gasteiger partial charge in [-0.2, -0.15) is 0 Å². The molecule has 3 N–H and O–H groups in total. The molecular formula is C32H38N4O4S. The molecule has 0 atom stereocenters. The summed E-state index contributed by atoms with van der Waals surface area (Å²) in [5.41, 5.74) is 4.65. The molecule has 1 aliphatic rings. The van der Waals surface area contributed by atoms with E-state index in [1.54, 1.807) is 12.1 Å². The number of nitrogens with zero attached hydrogens (tertiary/aromatic N) is 1. The van der Waals surface area contributed by atoms with Crippen LogP contribution in [-0.4, -0.2) is 69.5 Å². The molecule has 2 heterocycles. The zero-order valence-electron chi connectivity index (χ0n) is 23.9. The number of anilines is 1. The minimum Gasteiger partial charge on any atom is -0.379 e. The third kappa shape index (κ3) is 6.81. The number of morpholine rings is 1. The first kappa shape index (κ1) is 28.9. The molecule has 1 amide bonds. The van der Waals surface area contributed by atoms with Crippen molar-refractivity contribution in [2.24, 2.45) is 0 Å². The number of sulfone groups is 1. The number of hydrogen-bond donors (Lipinski definition) is 3. The lowest BCUT2D eigenvalue weighted by molar-refractivity contribution is 0.0383. The van der Waals surface area contributed by atoms with Gasteiger partial charge in [0.25, 0.3) is 5.91 Å². The van der Waals surface area contributed by atoms with Crippen LogP contribution in [0.25, 0.3) is 22.0 Å². The summed E-state index contributed by atoms with van der Waals surface area (Å²) in [5.74, 6) is -0.419. The third-order valence-electron chi connectivity index (χ3n) is 7.45. The number of amides is 1. The summed E-state index contributed by atoms with van der Waals surface area (Å²) in [5, 5.41) is 6.99. The first-order valence-corrected chi connectivity index (χ1v) is 15.6. The van der Waals surface area contributed by atoms with Crippen molar-refractivity contribution in [3.05, 3.63) is 84.1 Å². The van der Waals surface area contributed by atoms with Gasteiger partial charge in [-0.15, -0.1) is 0 Å². The SMILES string of the molecule is CC(C)(C)c1ccc(S(=O)(=O)CNc2ccc3[nH]c(C(=O)NCCN4CCOCC4)c(-c4ccccc4)c3c2)cc1. The van der Waals surface area contributed by atoms with Gasteiger partial charge in [0, 0.05) is 48.3 Å². The lowest BCUT2D eigenvalue weighted by Crippen LogP contribution is -2.41. The van der Waals surface area contributed by atoms with Crippen LogP contribution in [0.15, 0.2) is 77.7 Å². The zero-order chi connectivity index (χ0) is 29.0. The second-order valence-corrected chi connectivity index (χ2v) is 13.4. The molecule has 0 spiro atoms. The van der Waals surface area contributed by atoms with Crippen molar-refractivity contribution in [3.8, 4) is 11.1 Å². The Balaban J connectivity index is 1.36. The van der Waals surface area contributed by atoms with Gasteiger partial charge in [0.15, 0.2) is 9.84 Å². The highest BCUT2D eigenvalue weighted by molar-refractivity contribution is 7.91. The lowest BCUT2D eigenvalue weighted by atomic mass is 9.87. The number of nitrogens with one attached hydrogen (secondary N) is 3. The largest absolute Gasteiger partial charge is 0.379 e. The van der Waals surface area contributed by atoms with Gasteiger partial charge in [-0.25, -0.2) is 8.42 Å². The van der Waals surface area contributed by atoms with Crippen LogP contribution >= 0.6 is 0 Å². The van der Waals surface area contributed by atoms with Crippen LogP contribution in [0.4, 0.5) is 5.69 Å². The van der Waals surface area contributed by atoms with Gasteiger partial charge < -0.3 is 20.4 Å². The normalized spacial score (nSPS) is 14.7. The number of aromatic nitrogens is 1. The van der Waals surface area contributed by atoms with E-state index in [0.717, 1.165) is 60.4 Å². The monoisotopic (exact) mass is 574 g/mol. The highest BCUT2D eigenvalue weighted by Crippen LogP contribution is 2.34. The third-order valence-corrected chi connectivity index (χ3v) is 8.97. The minimum absolute atomic E-state index is 0.0541. The van der Waals surface area contributed by atoms with E-state index in [-0.39, 0.29) is 22.1 Å². The van der Waals surface area contributed by atoms with E-state index in [9.17, 15) is 13.2 Å². The second-order valence-electron chi connectivity index (χ2n) is 11.4. The van der Waals surface area contributed by atoms with Crippen molar-refractivity contribution >= 4 is 32.3 Å². The maximum atomic E-state index is 13.4. The summed E-state index contributed by atoms with van der Waals surface area (Å²) in [6, 6.07) is 22.4. The van der Waals surface area contributed by atoms with Gasteiger partial charge in [0.05, 0.1) is 18.1 Å². The number of carbonyl (C=O) groups excluding carboxylic acids is 1. The number of aromatic amines is 1. The fraction of sp³-hybridized carbons (Fsp3) is 0.344. The Hall–Kier alpha value is -3.66. The van der Waals surface area contributed by atoms with Crippen molar-refractivity contribution in [2.75, 3.05) is 50.6 Å². The maximum Gasteiger partial charge on any atom is 0.268 e. The Morgan fingerprint density at radius 2 is 1.68 bits per heavy atom. The van der Waals surface area contributed by atoms with Crippen LogP contribution in [0.1, 0.15) is 36.8 Å².